The summed E-state index contributed by atoms with van der Waals surface area (Å²) in [5.41, 5.74) is 10.3. The van der Waals surface area contributed by atoms with E-state index >= 15 is 0 Å². The summed E-state index contributed by atoms with van der Waals surface area (Å²) in [5.74, 6) is 0. The molecule has 52 heavy (non-hydrogen) atoms. The molecule has 4 heterocycles. The predicted molar refractivity (Wildman–Crippen MR) is 216 cm³/mol. The molecule has 4 aromatic heterocycles. The van der Waals surface area contributed by atoms with Crippen LogP contribution in [-0.4, -0.2) is 19.9 Å². The molecule has 11 aromatic rings. The van der Waals surface area contributed by atoms with Gasteiger partial charge in [-0.3, -0.25) is 15.0 Å². The third-order valence-corrected chi connectivity index (χ3v) is 10.5. The van der Waals surface area contributed by atoms with Gasteiger partial charge in [-0.2, -0.15) is 0 Å². The summed E-state index contributed by atoms with van der Waals surface area (Å²) in [7, 11) is 0. The fourth-order valence-electron chi connectivity index (χ4n) is 8.12. The third-order valence-electron chi connectivity index (χ3n) is 10.5. The molecular formula is C48H28N4. The van der Waals surface area contributed by atoms with Gasteiger partial charge in [0, 0.05) is 62.0 Å². The van der Waals surface area contributed by atoms with Crippen LogP contribution in [-0.2, 0) is 0 Å². The van der Waals surface area contributed by atoms with Crippen molar-refractivity contribution in [3.8, 4) is 33.5 Å². The molecule has 7 aromatic carbocycles. The Morgan fingerprint density at radius 3 is 1.92 bits per heavy atom. The molecule has 0 radical (unpaired) electrons. The van der Waals surface area contributed by atoms with Crippen LogP contribution < -0.4 is 0 Å². The van der Waals surface area contributed by atoms with E-state index in [0.29, 0.717) is 0 Å². The first-order valence-electron chi connectivity index (χ1n) is 17.5. The lowest BCUT2D eigenvalue weighted by Gasteiger charge is -2.15. The van der Waals surface area contributed by atoms with E-state index in [2.05, 4.69) is 151 Å². The minimum atomic E-state index is 0.912. The summed E-state index contributed by atoms with van der Waals surface area (Å²) < 4.78 is 0. The van der Waals surface area contributed by atoms with Gasteiger partial charge in [0.05, 0.1) is 27.8 Å². The van der Waals surface area contributed by atoms with Gasteiger partial charge in [0.1, 0.15) is 0 Å². The van der Waals surface area contributed by atoms with Crippen molar-refractivity contribution in [3.05, 3.63) is 170 Å². The van der Waals surface area contributed by atoms with Gasteiger partial charge in [-0.25, -0.2) is 4.98 Å². The fourth-order valence-corrected chi connectivity index (χ4v) is 8.12. The second-order valence-corrected chi connectivity index (χ2v) is 13.4. The molecule has 0 aliphatic carbocycles. The molecule has 240 valence electrons. The Labute approximate surface area is 298 Å². The van der Waals surface area contributed by atoms with Crippen LogP contribution in [0.1, 0.15) is 0 Å². The van der Waals surface area contributed by atoms with Gasteiger partial charge >= 0.3 is 0 Å². The smallest absolute Gasteiger partial charge is 0.0970 e. The zero-order chi connectivity index (χ0) is 34.2. The molecule has 0 bridgehead atoms. The summed E-state index contributed by atoms with van der Waals surface area (Å²) >= 11 is 0. The number of benzene rings is 7. The van der Waals surface area contributed by atoms with Crippen LogP contribution in [0.5, 0.6) is 0 Å². The first kappa shape index (κ1) is 28.8. The van der Waals surface area contributed by atoms with Crippen molar-refractivity contribution in [3.63, 3.8) is 0 Å². The van der Waals surface area contributed by atoms with Gasteiger partial charge in [0.25, 0.3) is 0 Å². The third kappa shape index (κ3) is 4.34. The van der Waals surface area contributed by atoms with Gasteiger partial charge in [-0.1, -0.05) is 115 Å². The highest BCUT2D eigenvalue weighted by Crippen LogP contribution is 2.41. The SMILES string of the molecule is c1cc(-c2cnc3ccc(-c4ccnc5c4ccc4cccnc45)cc3c2)cc(-c2nc3c4ccccc4c4ccccc4c3c3ccccc23)c1. The predicted octanol–water partition coefficient (Wildman–Crippen LogP) is 12.3. The molecule has 0 amide bonds. The molecule has 0 fully saturated rings. The molecule has 0 aliphatic rings. The van der Waals surface area contributed by atoms with E-state index < -0.39 is 0 Å². The van der Waals surface area contributed by atoms with Crippen LogP contribution in [0.15, 0.2) is 170 Å². The van der Waals surface area contributed by atoms with Crippen molar-refractivity contribution in [2.75, 3.05) is 0 Å². The quantitative estimate of drug-likeness (QED) is 0.177. The van der Waals surface area contributed by atoms with Gasteiger partial charge in [-0.05, 0) is 74.6 Å². The van der Waals surface area contributed by atoms with E-state index in [0.717, 1.165) is 77.1 Å². The van der Waals surface area contributed by atoms with Crippen molar-refractivity contribution in [2.24, 2.45) is 0 Å². The highest BCUT2D eigenvalue weighted by Gasteiger charge is 2.17. The molecule has 0 unspecified atom stereocenters. The van der Waals surface area contributed by atoms with Gasteiger partial charge < -0.3 is 0 Å². The Balaban J connectivity index is 1.07. The van der Waals surface area contributed by atoms with Crippen LogP contribution in [0.4, 0.5) is 0 Å². The number of nitrogens with zero attached hydrogens (tertiary/aromatic N) is 4. The first-order chi connectivity index (χ1) is 25.8. The lowest BCUT2D eigenvalue weighted by molar-refractivity contribution is 1.37. The average Bonchev–Trinajstić information content (AvgIpc) is 3.22. The summed E-state index contributed by atoms with van der Waals surface area (Å²) in [6.07, 6.45) is 5.69. The molecular weight excluding hydrogens is 633 g/mol. The monoisotopic (exact) mass is 660 g/mol. The highest BCUT2D eigenvalue weighted by atomic mass is 14.7. The Kier molecular flexibility index (Phi) is 6.22. The lowest BCUT2D eigenvalue weighted by atomic mass is 9.92. The Hall–Kier alpha value is -7.04. The summed E-state index contributed by atoms with van der Waals surface area (Å²) in [4.78, 5) is 19.8. The second-order valence-electron chi connectivity index (χ2n) is 13.4. The van der Waals surface area contributed by atoms with E-state index in [-0.39, 0.29) is 0 Å². The fraction of sp³-hybridized carbons (Fsp3) is 0. The maximum Gasteiger partial charge on any atom is 0.0970 e. The zero-order valence-electron chi connectivity index (χ0n) is 28.0. The molecule has 0 saturated carbocycles. The van der Waals surface area contributed by atoms with Gasteiger partial charge in [-0.15, -0.1) is 0 Å². The molecule has 4 nitrogen and oxygen atoms in total. The van der Waals surface area contributed by atoms with Crippen LogP contribution in [0.3, 0.4) is 0 Å². The van der Waals surface area contributed by atoms with Crippen LogP contribution >= 0.6 is 0 Å². The number of fused-ring (bicyclic) bond motifs is 12. The van der Waals surface area contributed by atoms with Crippen LogP contribution in [0.25, 0.3) is 109 Å². The normalized spacial score (nSPS) is 11.8. The van der Waals surface area contributed by atoms with Crippen molar-refractivity contribution in [2.45, 2.75) is 0 Å². The van der Waals surface area contributed by atoms with Crippen molar-refractivity contribution in [1.29, 1.82) is 0 Å². The molecule has 4 heteroatoms. The summed E-state index contributed by atoms with van der Waals surface area (Å²) in [5, 5.41) is 11.7. The molecule has 0 aliphatic heterocycles. The number of hydrogen-bond donors (Lipinski definition) is 0. The van der Waals surface area contributed by atoms with E-state index in [1.54, 1.807) is 0 Å². The van der Waals surface area contributed by atoms with E-state index in [9.17, 15) is 0 Å². The number of rotatable bonds is 3. The largest absolute Gasteiger partial charge is 0.256 e. The lowest BCUT2D eigenvalue weighted by Crippen LogP contribution is -1.93. The van der Waals surface area contributed by atoms with Gasteiger partial charge in [0.2, 0.25) is 0 Å². The average molecular weight is 661 g/mol. The molecule has 0 N–H and O–H groups in total. The molecule has 0 saturated heterocycles. The number of pyridine rings is 4. The Bertz CT molecular complexity index is 3260. The summed E-state index contributed by atoms with van der Waals surface area (Å²) in [6, 6.07) is 53.9. The van der Waals surface area contributed by atoms with Crippen molar-refractivity contribution >= 4 is 75.9 Å². The van der Waals surface area contributed by atoms with E-state index in [1.807, 2.05) is 24.7 Å². The Morgan fingerprint density at radius 1 is 0.346 bits per heavy atom. The van der Waals surface area contributed by atoms with E-state index in [4.69, 9.17) is 15.0 Å². The minimum absolute atomic E-state index is 0.912. The first-order valence-corrected chi connectivity index (χ1v) is 17.5. The standard InChI is InChI=1S/C48H28N4/c1-3-14-38-36(12-1)37-13-2-5-16-40(37)47-44(38)39-15-4-6-17-41(39)45(52-47)32-10-7-9-30(25-32)34-27-33-26-31(19-21-43(33)51-28-34)35-22-24-50-48-42(35)20-18-29-11-8-23-49-46(29)48/h1-28H. The van der Waals surface area contributed by atoms with Gasteiger partial charge in [0.15, 0.2) is 0 Å². The highest BCUT2D eigenvalue weighted by molar-refractivity contribution is 6.31. The Morgan fingerprint density at radius 2 is 1.06 bits per heavy atom. The maximum atomic E-state index is 5.50. The summed E-state index contributed by atoms with van der Waals surface area (Å²) in [6.45, 7) is 0. The topological polar surface area (TPSA) is 51.6 Å². The number of aromatic nitrogens is 4. The zero-order valence-corrected chi connectivity index (χ0v) is 28.0. The second kappa shape index (κ2) is 11.2. The van der Waals surface area contributed by atoms with E-state index in [1.165, 1.54) is 32.3 Å². The minimum Gasteiger partial charge on any atom is -0.256 e. The van der Waals surface area contributed by atoms with Crippen LogP contribution in [0.2, 0.25) is 0 Å². The number of hydrogen-bond acceptors (Lipinski definition) is 4. The van der Waals surface area contributed by atoms with Crippen molar-refractivity contribution < 1.29 is 0 Å². The molecule has 0 atom stereocenters. The molecule has 0 spiro atoms. The van der Waals surface area contributed by atoms with Crippen molar-refractivity contribution in [1.82, 2.24) is 19.9 Å². The maximum absolute atomic E-state index is 5.50. The molecule has 11 rings (SSSR count). The van der Waals surface area contributed by atoms with Crippen LogP contribution in [0, 0.1) is 0 Å².